The molecule has 1 aromatic heterocycles. The van der Waals surface area contributed by atoms with Gasteiger partial charge in [0.1, 0.15) is 0 Å². The maximum atomic E-state index is 11.5. The average molecular weight is 431 g/mol. The van der Waals surface area contributed by atoms with E-state index in [9.17, 15) is 8.42 Å². The summed E-state index contributed by atoms with van der Waals surface area (Å²) in [6, 6.07) is 6.63. The Hall–Kier alpha value is -2.65. The van der Waals surface area contributed by atoms with Crippen LogP contribution < -0.4 is 22.1 Å². The molecule has 2 aromatic rings. The molecule has 2 heterocycles. The first-order valence-electron chi connectivity index (χ1n) is 9.92. The van der Waals surface area contributed by atoms with Crippen molar-refractivity contribution in [2.24, 2.45) is 23.5 Å². The van der Waals surface area contributed by atoms with Gasteiger partial charge < -0.3 is 22.1 Å². The molecular weight excluding hydrogens is 400 g/mol. The Morgan fingerprint density at radius 1 is 1.20 bits per heavy atom. The standard InChI is InChI=1S/C21H27N5O2S.H3N/c1-3-14-8-24-21(25-9-14)26-12-18-17(19(18)13-26)10-23-11-20(22)15-4-6-16(7-5-15)29(2,27)28;/h4-9,11,17-19,23H,3,10,12-13,22H2,1-2H3;1H3/b20-11-;/t17?,18-,19+;. The van der Waals surface area contributed by atoms with Gasteiger partial charge in [-0.05, 0) is 47.4 Å². The minimum absolute atomic E-state index is 0. The van der Waals surface area contributed by atoms with E-state index in [2.05, 4.69) is 27.1 Å². The lowest BCUT2D eigenvalue weighted by atomic mass is 10.2. The second-order valence-electron chi connectivity index (χ2n) is 7.95. The number of aromatic nitrogens is 2. The van der Waals surface area contributed by atoms with E-state index in [0.717, 1.165) is 43.1 Å². The van der Waals surface area contributed by atoms with E-state index in [-0.39, 0.29) is 6.15 Å². The van der Waals surface area contributed by atoms with Crippen LogP contribution in [-0.4, -0.2) is 44.3 Å². The van der Waals surface area contributed by atoms with Crippen LogP contribution in [0, 0.1) is 17.8 Å². The summed E-state index contributed by atoms with van der Waals surface area (Å²) in [4.78, 5) is 11.5. The van der Waals surface area contributed by atoms with E-state index >= 15 is 0 Å². The molecule has 1 aromatic carbocycles. The smallest absolute Gasteiger partial charge is 0.225 e. The van der Waals surface area contributed by atoms with Crippen molar-refractivity contribution in [1.82, 2.24) is 21.4 Å². The van der Waals surface area contributed by atoms with Gasteiger partial charge in [-0.15, -0.1) is 0 Å². The summed E-state index contributed by atoms with van der Waals surface area (Å²) >= 11 is 0. The molecule has 2 aliphatic rings. The third kappa shape index (κ3) is 4.57. The lowest BCUT2D eigenvalue weighted by Gasteiger charge is -2.19. The molecule has 8 nitrogen and oxygen atoms in total. The fourth-order valence-corrected chi connectivity index (χ4v) is 4.72. The van der Waals surface area contributed by atoms with Crippen LogP contribution in [-0.2, 0) is 16.3 Å². The summed E-state index contributed by atoms with van der Waals surface area (Å²) in [5, 5.41) is 3.33. The summed E-state index contributed by atoms with van der Waals surface area (Å²) < 4.78 is 23.1. The number of nitrogens with zero attached hydrogens (tertiary/aromatic N) is 3. The molecule has 162 valence electrons. The Bertz CT molecular complexity index is 993. The summed E-state index contributed by atoms with van der Waals surface area (Å²) in [5.74, 6) is 2.85. The highest BCUT2D eigenvalue weighted by Crippen LogP contribution is 2.51. The minimum Gasteiger partial charge on any atom is -0.397 e. The zero-order valence-corrected chi connectivity index (χ0v) is 18.3. The maximum absolute atomic E-state index is 11.5. The van der Waals surface area contributed by atoms with Crippen LogP contribution in [0.5, 0.6) is 0 Å². The Kier molecular flexibility index (Phi) is 6.33. The van der Waals surface area contributed by atoms with Crippen molar-refractivity contribution in [3.05, 3.63) is 54.0 Å². The third-order valence-corrected chi connectivity index (χ3v) is 7.11. The molecule has 1 saturated carbocycles. The molecule has 0 radical (unpaired) electrons. The number of piperidine rings is 1. The van der Waals surface area contributed by atoms with Gasteiger partial charge in [-0.1, -0.05) is 19.1 Å². The highest BCUT2D eigenvalue weighted by molar-refractivity contribution is 7.90. The monoisotopic (exact) mass is 430 g/mol. The van der Waals surface area contributed by atoms with Crippen molar-refractivity contribution < 1.29 is 8.42 Å². The molecule has 0 bridgehead atoms. The zero-order valence-electron chi connectivity index (χ0n) is 17.5. The first-order chi connectivity index (χ1) is 13.9. The van der Waals surface area contributed by atoms with Crippen LogP contribution in [0.25, 0.3) is 5.70 Å². The highest BCUT2D eigenvalue weighted by Gasteiger charge is 2.55. The van der Waals surface area contributed by atoms with Crippen molar-refractivity contribution >= 4 is 21.5 Å². The van der Waals surface area contributed by atoms with Gasteiger partial charge in [0.25, 0.3) is 0 Å². The number of hydrogen-bond donors (Lipinski definition) is 3. The summed E-state index contributed by atoms with van der Waals surface area (Å²) in [6.45, 7) is 5.01. The van der Waals surface area contributed by atoms with Gasteiger partial charge >= 0.3 is 0 Å². The molecule has 1 saturated heterocycles. The number of hydrogen-bond acceptors (Lipinski definition) is 8. The van der Waals surface area contributed by atoms with Crippen LogP contribution in [0.4, 0.5) is 5.95 Å². The molecule has 9 heteroatoms. The van der Waals surface area contributed by atoms with Gasteiger partial charge in [0, 0.05) is 44.5 Å². The first-order valence-corrected chi connectivity index (χ1v) is 11.8. The van der Waals surface area contributed by atoms with Crippen molar-refractivity contribution in [3.8, 4) is 0 Å². The second kappa shape index (κ2) is 8.61. The zero-order chi connectivity index (χ0) is 20.6. The van der Waals surface area contributed by atoms with Gasteiger partial charge in [0.2, 0.25) is 5.95 Å². The summed E-state index contributed by atoms with van der Waals surface area (Å²) in [7, 11) is -3.19. The second-order valence-corrected chi connectivity index (χ2v) is 9.96. The molecule has 30 heavy (non-hydrogen) atoms. The molecule has 3 atom stereocenters. The maximum Gasteiger partial charge on any atom is 0.225 e. The fraction of sp³-hybridized carbons (Fsp3) is 0.429. The lowest BCUT2D eigenvalue weighted by molar-refractivity contribution is 0.602. The average Bonchev–Trinajstić information content (AvgIpc) is 3.16. The number of sulfone groups is 1. The van der Waals surface area contributed by atoms with E-state index < -0.39 is 9.84 Å². The Labute approximate surface area is 178 Å². The normalized spacial score (nSPS) is 22.9. The van der Waals surface area contributed by atoms with Gasteiger partial charge in [-0.3, -0.25) is 0 Å². The number of anilines is 1. The topological polar surface area (TPSA) is 136 Å². The molecule has 4 rings (SSSR count). The van der Waals surface area contributed by atoms with Crippen molar-refractivity contribution in [3.63, 3.8) is 0 Å². The third-order valence-electron chi connectivity index (χ3n) is 5.98. The van der Waals surface area contributed by atoms with Gasteiger partial charge in [0.05, 0.1) is 10.6 Å². The molecule has 1 aliphatic heterocycles. The molecule has 1 unspecified atom stereocenters. The number of rotatable bonds is 7. The van der Waals surface area contributed by atoms with Crippen molar-refractivity contribution in [1.29, 1.82) is 0 Å². The van der Waals surface area contributed by atoms with Gasteiger partial charge in [-0.2, -0.15) is 0 Å². The highest BCUT2D eigenvalue weighted by atomic mass is 32.2. The largest absolute Gasteiger partial charge is 0.397 e. The molecular formula is C21H30N6O2S. The summed E-state index contributed by atoms with van der Waals surface area (Å²) in [5.41, 5.74) is 8.69. The van der Waals surface area contributed by atoms with Crippen LogP contribution in [0.3, 0.4) is 0 Å². The van der Waals surface area contributed by atoms with E-state index in [1.54, 1.807) is 24.3 Å². The Morgan fingerprint density at radius 3 is 2.33 bits per heavy atom. The Balaban J connectivity index is 0.00000256. The predicted molar refractivity (Wildman–Crippen MR) is 119 cm³/mol. The predicted octanol–water partition coefficient (Wildman–Crippen LogP) is 1.83. The van der Waals surface area contributed by atoms with E-state index in [4.69, 9.17) is 5.73 Å². The molecule has 1 aliphatic carbocycles. The lowest BCUT2D eigenvalue weighted by Crippen LogP contribution is -2.28. The number of benzene rings is 1. The van der Waals surface area contributed by atoms with Gasteiger partial charge in [0.15, 0.2) is 9.84 Å². The molecule has 2 fully saturated rings. The molecule has 6 N–H and O–H groups in total. The van der Waals surface area contributed by atoms with Crippen molar-refractivity contribution in [2.45, 2.75) is 18.2 Å². The van der Waals surface area contributed by atoms with Crippen LogP contribution >= 0.6 is 0 Å². The Morgan fingerprint density at radius 2 is 1.80 bits per heavy atom. The number of aryl methyl sites for hydroxylation is 1. The SMILES string of the molecule is CCc1cnc(N2C[C@@H]3C(CN/C=C(\N)c4ccc(S(C)(=O)=O)cc4)[C@@H]3C2)nc1.N. The minimum atomic E-state index is -3.19. The quantitative estimate of drug-likeness (QED) is 0.605. The number of nitrogens with one attached hydrogen (secondary N) is 1. The van der Waals surface area contributed by atoms with E-state index in [0.29, 0.717) is 28.3 Å². The van der Waals surface area contributed by atoms with Crippen LogP contribution in [0.15, 0.2) is 47.8 Å². The summed E-state index contributed by atoms with van der Waals surface area (Å²) in [6.07, 6.45) is 7.80. The van der Waals surface area contributed by atoms with E-state index in [1.165, 1.54) is 6.26 Å². The molecule has 0 spiro atoms. The van der Waals surface area contributed by atoms with Crippen LogP contribution in [0.2, 0.25) is 0 Å². The van der Waals surface area contributed by atoms with E-state index in [1.807, 2.05) is 18.6 Å². The van der Waals surface area contributed by atoms with Gasteiger partial charge in [-0.25, -0.2) is 18.4 Å². The number of nitrogens with two attached hydrogens (primary N) is 1. The van der Waals surface area contributed by atoms with Crippen LogP contribution in [0.1, 0.15) is 18.1 Å². The fourth-order valence-electron chi connectivity index (χ4n) is 4.09. The van der Waals surface area contributed by atoms with Crippen molar-refractivity contribution in [2.75, 3.05) is 30.8 Å². The first kappa shape index (κ1) is 22.0. The molecule has 0 amide bonds. The number of fused-ring (bicyclic) bond motifs is 1.